The van der Waals surface area contributed by atoms with Gasteiger partial charge in [-0.15, -0.1) is 10.2 Å². The van der Waals surface area contributed by atoms with Crippen molar-refractivity contribution in [3.8, 4) is 5.75 Å². The van der Waals surface area contributed by atoms with E-state index in [1.807, 2.05) is 61.5 Å². The second-order valence-electron chi connectivity index (χ2n) is 5.32. The molecule has 6 heteroatoms. The maximum atomic E-state index is 6.10. The first kappa shape index (κ1) is 17.5. The smallest absolute Gasteiger partial charge is 0.211 e. The van der Waals surface area contributed by atoms with Gasteiger partial charge in [0.25, 0.3) is 0 Å². The maximum absolute atomic E-state index is 6.10. The first-order valence-electron chi connectivity index (χ1n) is 7.79. The summed E-state index contributed by atoms with van der Waals surface area (Å²) in [7, 11) is 0. The number of nitrogens with two attached hydrogens (primary N) is 3. The summed E-state index contributed by atoms with van der Waals surface area (Å²) in [5.74, 6) is 0.674. The second kappa shape index (κ2) is 8.69. The molecule has 24 heavy (non-hydrogen) atoms. The van der Waals surface area contributed by atoms with Crippen LogP contribution in [0.2, 0.25) is 0 Å². The molecule has 0 aliphatic heterocycles. The van der Waals surface area contributed by atoms with Crippen LogP contribution in [0.1, 0.15) is 24.5 Å². The fraction of sp³-hybridized carbons (Fsp3) is 0.222. The van der Waals surface area contributed by atoms with Gasteiger partial charge in [0.05, 0.1) is 5.71 Å². The molecular formula is C18H23N5O. The van der Waals surface area contributed by atoms with Crippen LogP contribution in [0.25, 0.3) is 0 Å². The molecular weight excluding hydrogens is 302 g/mol. The van der Waals surface area contributed by atoms with Gasteiger partial charge in [0.15, 0.2) is 0 Å². The van der Waals surface area contributed by atoms with E-state index in [1.54, 1.807) is 0 Å². The summed E-state index contributed by atoms with van der Waals surface area (Å²) in [6.07, 6.45) is 0.727. The molecule has 0 aliphatic rings. The van der Waals surface area contributed by atoms with Crippen LogP contribution in [0, 0.1) is 0 Å². The van der Waals surface area contributed by atoms with Crippen LogP contribution in [0.5, 0.6) is 5.75 Å². The van der Waals surface area contributed by atoms with Crippen LogP contribution in [0.3, 0.4) is 0 Å². The molecule has 1 atom stereocenters. The van der Waals surface area contributed by atoms with Gasteiger partial charge in [0.2, 0.25) is 5.96 Å². The van der Waals surface area contributed by atoms with Crippen molar-refractivity contribution in [3.05, 3.63) is 65.7 Å². The molecule has 0 saturated carbocycles. The minimum Gasteiger partial charge on any atom is -0.489 e. The number of guanidine groups is 1. The van der Waals surface area contributed by atoms with Crippen molar-refractivity contribution in [1.29, 1.82) is 0 Å². The van der Waals surface area contributed by atoms with Gasteiger partial charge in [0.1, 0.15) is 12.4 Å². The minimum absolute atomic E-state index is 0.0985. The van der Waals surface area contributed by atoms with Crippen LogP contribution in [0.4, 0.5) is 0 Å². The molecule has 1 unspecified atom stereocenters. The molecule has 6 N–H and O–H groups in total. The van der Waals surface area contributed by atoms with Crippen molar-refractivity contribution in [2.45, 2.75) is 26.0 Å². The highest BCUT2D eigenvalue weighted by Gasteiger charge is 2.12. The van der Waals surface area contributed by atoms with Crippen molar-refractivity contribution in [1.82, 2.24) is 0 Å². The van der Waals surface area contributed by atoms with Crippen molar-refractivity contribution < 1.29 is 4.74 Å². The predicted molar refractivity (Wildman–Crippen MR) is 97.8 cm³/mol. The normalized spacial score (nSPS) is 12.5. The lowest BCUT2D eigenvalue weighted by Crippen LogP contribution is -2.31. The summed E-state index contributed by atoms with van der Waals surface area (Å²) in [6.45, 7) is 2.50. The van der Waals surface area contributed by atoms with E-state index in [0.717, 1.165) is 23.3 Å². The van der Waals surface area contributed by atoms with Gasteiger partial charge in [-0.2, -0.15) is 0 Å². The Kier molecular flexibility index (Phi) is 6.33. The van der Waals surface area contributed by atoms with E-state index < -0.39 is 0 Å². The van der Waals surface area contributed by atoms with Gasteiger partial charge in [0, 0.05) is 6.04 Å². The molecule has 0 amide bonds. The Balaban J connectivity index is 2.11. The number of hydrogen-bond acceptors (Lipinski definition) is 4. The summed E-state index contributed by atoms with van der Waals surface area (Å²) in [5.41, 5.74) is 19.4. The minimum atomic E-state index is -0.246. The highest BCUT2D eigenvalue weighted by molar-refractivity contribution is 6.04. The third kappa shape index (κ3) is 5.10. The number of ether oxygens (including phenoxy) is 1. The van der Waals surface area contributed by atoms with E-state index in [4.69, 9.17) is 21.9 Å². The zero-order valence-corrected chi connectivity index (χ0v) is 13.7. The Morgan fingerprint density at radius 3 is 2.25 bits per heavy atom. The lowest BCUT2D eigenvalue weighted by molar-refractivity contribution is 0.306. The third-order valence-corrected chi connectivity index (χ3v) is 3.46. The molecule has 2 aromatic rings. The van der Waals surface area contributed by atoms with E-state index in [-0.39, 0.29) is 12.0 Å². The summed E-state index contributed by atoms with van der Waals surface area (Å²) in [4.78, 5) is 0. The van der Waals surface area contributed by atoms with E-state index in [9.17, 15) is 0 Å². The number of hydrogen-bond donors (Lipinski definition) is 3. The molecule has 0 aliphatic carbocycles. The number of nitrogens with zero attached hydrogens (tertiary/aromatic N) is 2. The number of rotatable bonds is 7. The molecule has 126 valence electrons. The molecule has 2 aromatic carbocycles. The van der Waals surface area contributed by atoms with Gasteiger partial charge < -0.3 is 21.9 Å². The Hall–Kier alpha value is -2.86. The van der Waals surface area contributed by atoms with Crippen LogP contribution in [0.15, 0.2) is 64.8 Å². The van der Waals surface area contributed by atoms with Gasteiger partial charge in [-0.1, -0.05) is 37.3 Å². The average molecular weight is 325 g/mol. The summed E-state index contributed by atoms with van der Waals surface area (Å²) in [5, 5.41) is 7.79. The van der Waals surface area contributed by atoms with Crippen LogP contribution < -0.4 is 21.9 Å². The lowest BCUT2D eigenvalue weighted by atomic mass is 10.0. The molecule has 0 saturated heterocycles. The van der Waals surface area contributed by atoms with E-state index >= 15 is 0 Å². The average Bonchev–Trinajstić information content (AvgIpc) is 2.61. The van der Waals surface area contributed by atoms with Crippen LogP contribution in [-0.2, 0) is 6.61 Å². The SMILES string of the molecule is CCC(N)/C(=N\N=C(N)N)c1ccc(OCc2ccccc2)cc1. The molecule has 0 heterocycles. The molecule has 0 spiro atoms. The maximum Gasteiger partial charge on any atom is 0.211 e. The topological polar surface area (TPSA) is 112 Å². The van der Waals surface area contributed by atoms with Gasteiger partial charge >= 0.3 is 0 Å². The molecule has 0 bridgehead atoms. The summed E-state index contributed by atoms with van der Waals surface area (Å²) >= 11 is 0. The van der Waals surface area contributed by atoms with E-state index in [1.165, 1.54) is 0 Å². The van der Waals surface area contributed by atoms with E-state index in [2.05, 4.69) is 10.2 Å². The largest absolute Gasteiger partial charge is 0.489 e. The van der Waals surface area contributed by atoms with Crippen molar-refractivity contribution in [2.75, 3.05) is 0 Å². The second-order valence-corrected chi connectivity index (χ2v) is 5.32. The lowest BCUT2D eigenvalue weighted by Gasteiger charge is -2.13. The number of benzene rings is 2. The predicted octanol–water partition coefficient (Wildman–Crippen LogP) is 1.98. The Bertz CT molecular complexity index is 691. The first-order chi connectivity index (χ1) is 11.6. The quantitative estimate of drug-likeness (QED) is 0.410. The zero-order chi connectivity index (χ0) is 17.4. The molecule has 0 fully saturated rings. The zero-order valence-electron chi connectivity index (χ0n) is 13.7. The monoisotopic (exact) mass is 325 g/mol. The molecule has 6 nitrogen and oxygen atoms in total. The Labute approximate surface area is 142 Å². The standard InChI is InChI=1S/C18H23N5O/c1-2-16(19)17(22-23-18(20)21)14-8-10-15(11-9-14)24-12-13-6-4-3-5-7-13/h3-11,16H,2,12,19H2,1H3,(H4,20,21,23)/b22-17-. The molecule has 2 rings (SSSR count). The molecule has 0 radical (unpaired) electrons. The summed E-state index contributed by atoms with van der Waals surface area (Å²) < 4.78 is 5.77. The summed E-state index contributed by atoms with van der Waals surface area (Å²) in [6, 6.07) is 17.3. The van der Waals surface area contributed by atoms with E-state index in [0.29, 0.717) is 12.3 Å². The Morgan fingerprint density at radius 1 is 1.00 bits per heavy atom. The van der Waals surface area contributed by atoms with Crippen molar-refractivity contribution >= 4 is 11.7 Å². The van der Waals surface area contributed by atoms with Gasteiger partial charge in [-0.25, -0.2) is 0 Å². The third-order valence-electron chi connectivity index (χ3n) is 3.46. The molecule has 0 aromatic heterocycles. The highest BCUT2D eigenvalue weighted by atomic mass is 16.5. The van der Waals surface area contributed by atoms with Gasteiger partial charge in [-0.3, -0.25) is 0 Å². The highest BCUT2D eigenvalue weighted by Crippen LogP contribution is 2.16. The van der Waals surface area contributed by atoms with Gasteiger partial charge in [-0.05, 0) is 41.8 Å². The fourth-order valence-electron chi connectivity index (χ4n) is 2.11. The van der Waals surface area contributed by atoms with Crippen molar-refractivity contribution in [3.63, 3.8) is 0 Å². The van der Waals surface area contributed by atoms with Crippen molar-refractivity contribution in [2.24, 2.45) is 27.4 Å². The van der Waals surface area contributed by atoms with Crippen LogP contribution >= 0.6 is 0 Å². The Morgan fingerprint density at radius 2 is 1.67 bits per heavy atom. The first-order valence-corrected chi connectivity index (χ1v) is 7.79. The fourth-order valence-corrected chi connectivity index (χ4v) is 2.11. The van der Waals surface area contributed by atoms with Crippen LogP contribution in [-0.4, -0.2) is 17.7 Å².